The van der Waals surface area contributed by atoms with E-state index in [0.29, 0.717) is 26.2 Å². The summed E-state index contributed by atoms with van der Waals surface area (Å²) in [5, 5.41) is 8.89. The van der Waals surface area contributed by atoms with E-state index in [4.69, 9.17) is 14.6 Å². The number of likely N-dealkylation sites (tertiary alicyclic amines) is 1. The molecule has 6 nitrogen and oxygen atoms in total. The number of methoxy groups -OCH3 is 1. The zero-order valence-electron chi connectivity index (χ0n) is 9.35. The number of ether oxygens (including phenoxy) is 2. The second kappa shape index (κ2) is 6.44. The van der Waals surface area contributed by atoms with Crippen molar-refractivity contribution in [1.82, 2.24) is 4.90 Å². The van der Waals surface area contributed by atoms with E-state index in [1.807, 2.05) is 0 Å². The van der Waals surface area contributed by atoms with Gasteiger partial charge in [0.1, 0.15) is 12.6 Å². The zero-order chi connectivity index (χ0) is 12.0. The number of amides is 1. The van der Waals surface area contributed by atoms with E-state index in [9.17, 15) is 9.59 Å². The van der Waals surface area contributed by atoms with E-state index < -0.39 is 12.0 Å². The average molecular weight is 231 g/mol. The Morgan fingerprint density at radius 2 is 2.19 bits per heavy atom. The zero-order valence-corrected chi connectivity index (χ0v) is 9.35. The van der Waals surface area contributed by atoms with E-state index in [1.54, 1.807) is 7.11 Å². The van der Waals surface area contributed by atoms with E-state index in [2.05, 4.69) is 0 Å². The number of aliphatic carboxylic acids is 1. The number of nitrogens with zero attached hydrogens (tertiary/aromatic N) is 1. The van der Waals surface area contributed by atoms with Gasteiger partial charge in [0.2, 0.25) is 5.91 Å². The molecular weight excluding hydrogens is 214 g/mol. The molecule has 1 amide bonds. The van der Waals surface area contributed by atoms with Crippen LogP contribution in [0.3, 0.4) is 0 Å². The van der Waals surface area contributed by atoms with Crippen LogP contribution in [0.2, 0.25) is 0 Å². The fraction of sp³-hybridized carbons (Fsp3) is 0.800. The summed E-state index contributed by atoms with van der Waals surface area (Å²) in [5.74, 6) is -1.20. The Labute approximate surface area is 94.1 Å². The van der Waals surface area contributed by atoms with Crippen molar-refractivity contribution < 1.29 is 24.2 Å². The van der Waals surface area contributed by atoms with Crippen LogP contribution >= 0.6 is 0 Å². The highest BCUT2D eigenvalue weighted by Gasteiger charge is 2.33. The van der Waals surface area contributed by atoms with Crippen molar-refractivity contribution in [3.63, 3.8) is 0 Å². The molecule has 0 bridgehead atoms. The van der Waals surface area contributed by atoms with Crippen LogP contribution in [0.1, 0.15) is 12.8 Å². The van der Waals surface area contributed by atoms with Crippen molar-refractivity contribution in [2.24, 2.45) is 0 Å². The van der Waals surface area contributed by atoms with Crippen molar-refractivity contribution in [2.75, 3.05) is 33.5 Å². The van der Waals surface area contributed by atoms with Gasteiger partial charge in [-0.1, -0.05) is 0 Å². The number of carboxylic acids is 1. The molecule has 0 aromatic rings. The summed E-state index contributed by atoms with van der Waals surface area (Å²) in [6.45, 7) is 1.19. The summed E-state index contributed by atoms with van der Waals surface area (Å²) < 4.78 is 9.83. The predicted molar refractivity (Wildman–Crippen MR) is 55.1 cm³/mol. The van der Waals surface area contributed by atoms with Gasteiger partial charge in [0, 0.05) is 13.7 Å². The molecule has 1 N–H and O–H groups in total. The Balaban J connectivity index is 2.32. The predicted octanol–water partition coefficient (Wildman–Crippen LogP) is -0.275. The number of hydrogen-bond donors (Lipinski definition) is 1. The van der Waals surface area contributed by atoms with Gasteiger partial charge >= 0.3 is 5.97 Å². The number of hydrogen-bond acceptors (Lipinski definition) is 4. The third-order valence-corrected chi connectivity index (χ3v) is 2.52. The van der Waals surface area contributed by atoms with Crippen LogP contribution in [0.25, 0.3) is 0 Å². The highest BCUT2D eigenvalue weighted by Crippen LogP contribution is 2.17. The molecule has 0 spiro atoms. The molecule has 16 heavy (non-hydrogen) atoms. The van der Waals surface area contributed by atoms with Crippen LogP contribution in [0.5, 0.6) is 0 Å². The van der Waals surface area contributed by atoms with Crippen molar-refractivity contribution in [3.05, 3.63) is 0 Å². The van der Waals surface area contributed by atoms with Crippen LogP contribution in [-0.4, -0.2) is 61.4 Å². The van der Waals surface area contributed by atoms with Gasteiger partial charge in [0.25, 0.3) is 0 Å². The van der Waals surface area contributed by atoms with Gasteiger partial charge in [-0.15, -0.1) is 0 Å². The molecule has 92 valence electrons. The van der Waals surface area contributed by atoms with E-state index >= 15 is 0 Å². The monoisotopic (exact) mass is 231 g/mol. The summed E-state index contributed by atoms with van der Waals surface area (Å²) in [7, 11) is 1.55. The normalized spacial score (nSPS) is 20.1. The quantitative estimate of drug-likeness (QED) is 0.636. The summed E-state index contributed by atoms with van der Waals surface area (Å²) in [6, 6.07) is -0.682. The SMILES string of the molecule is COCCOCC(=O)N1CCCC1C(=O)O. The Hall–Kier alpha value is -1.14. The highest BCUT2D eigenvalue weighted by atomic mass is 16.5. The standard InChI is InChI=1S/C10H17NO5/c1-15-5-6-16-7-9(12)11-4-2-3-8(11)10(13)14/h8H,2-7H2,1H3,(H,13,14). The van der Waals surface area contributed by atoms with Gasteiger partial charge in [-0.3, -0.25) is 4.79 Å². The van der Waals surface area contributed by atoms with Crippen LogP contribution in [0, 0.1) is 0 Å². The minimum Gasteiger partial charge on any atom is -0.480 e. The summed E-state index contributed by atoms with van der Waals surface area (Å²) in [5.41, 5.74) is 0. The van der Waals surface area contributed by atoms with Crippen LogP contribution in [0.4, 0.5) is 0 Å². The molecule has 1 atom stereocenters. The minimum absolute atomic E-state index is 0.0762. The molecule has 1 heterocycles. The van der Waals surface area contributed by atoms with Crippen molar-refractivity contribution in [1.29, 1.82) is 0 Å². The minimum atomic E-state index is -0.942. The number of carboxylic acid groups (broad SMARTS) is 1. The molecule has 0 saturated carbocycles. The number of carbonyl (C=O) groups excluding carboxylic acids is 1. The molecule has 1 rings (SSSR count). The topological polar surface area (TPSA) is 76.1 Å². The Bertz CT molecular complexity index is 256. The van der Waals surface area contributed by atoms with Crippen LogP contribution < -0.4 is 0 Å². The molecule has 1 aliphatic heterocycles. The summed E-state index contributed by atoms with van der Waals surface area (Å²) in [6.07, 6.45) is 1.26. The maximum Gasteiger partial charge on any atom is 0.326 e. The van der Waals surface area contributed by atoms with E-state index in [0.717, 1.165) is 6.42 Å². The largest absolute Gasteiger partial charge is 0.480 e. The number of rotatable bonds is 6. The van der Waals surface area contributed by atoms with Gasteiger partial charge < -0.3 is 19.5 Å². The lowest BCUT2D eigenvalue weighted by Gasteiger charge is -2.21. The van der Waals surface area contributed by atoms with Crippen LogP contribution in [0.15, 0.2) is 0 Å². The van der Waals surface area contributed by atoms with Gasteiger partial charge in [0.05, 0.1) is 13.2 Å². The third-order valence-electron chi connectivity index (χ3n) is 2.52. The molecular formula is C10H17NO5. The third kappa shape index (κ3) is 3.46. The molecule has 0 radical (unpaired) electrons. The Morgan fingerprint density at radius 1 is 1.44 bits per heavy atom. The highest BCUT2D eigenvalue weighted by molar-refractivity contribution is 5.84. The molecule has 0 aromatic heterocycles. The van der Waals surface area contributed by atoms with Crippen LogP contribution in [-0.2, 0) is 19.1 Å². The first-order valence-electron chi connectivity index (χ1n) is 5.25. The average Bonchev–Trinajstić information content (AvgIpc) is 2.73. The first-order valence-corrected chi connectivity index (χ1v) is 5.25. The molecule has 1 aliphatic rings. The smallest absolute Gasteiger partial charge is 0.326 e. The lowest BCUT2D eigenvalue weighted by Crippen LogP contribution is -2.42. The van der Waals surface area contributed by atoms with Gasteiger partial charge in [-0.25, -0.2) is 4.79 Å². The van der Waals surface area contributed by atoms with Gasteiger partial charge in [-0.05, 0) is 12.8 Å². The van der Waals surface area contributed by atoms with E-state index in [1.165, 1.54) is 4.90 Å². The molecule has 0 aromatic carbocycles. The fourth-order valence-corrected chi connectivity index (χ4v) is 1.71. The first kappa shape index (κ1) is 12.9. The lowest BCUT2D eigenvalue weighted by molar-refractivity contribution is -0.150. The summed E-state index contributed by atoms with van der Waals surface area (Å²) >= 11 is 0. The van der Waals surface area contributed by atoms with E-state index in [-0.39, 0.29) is 12.5 Å². The summed E-state index contributed by atoms with van der Waals surface area (Å²) in [4.78, 5) is 23.8. The molecule has 6 heteroatoms. The van der Waals surface area contributed by atoms with Crippen molar-refractivity contribution >= 4 is 11.9 Å². The second-order valence-electron chi connectivity index (χ2n) is 3.63. The first-order chi connectivity index (χ1) is 7.66. The van der Waals surface area contributed by atoms with Crippen molar-refractivity contribution in [2.45, 2.75) is 18.9 Å². The molecule has 1 unspecified atom stereocenters. The maximum atomic E-state index is 11.6. The lowest BCUT2D eigenvalue weighted by atomic mass is 10.2. The maximum absolute atomic E-state index is 11.6. The fourth-order valence-electron chi connectivity index (χ4n) is 1.71. The molecule has 0 aliphatic carbocycles. The number of carbonyl (C=O) groups is 2. The van der Waals surface area contributed by atoms with Gasteiger partial charge in [-0.2, -0.15) is 0 Å². The van der Waals surface area contributed by atoms with Gasteiger partial charge in [0.15, 0.2) is 0 Å². The van der Waals surface area contributed by atoms with Crippen molar-refractivity contribution in [3.8, 4) is 0 Å². The second-order valence-corrected chi connectivity index (χ2v) is 3.63. The Morgan fingerprint density at radius 3 is 2.81 bits per heavy atom. The Kier molecular flexibility index (Phi) is 5.21. The molecule has 1 saturated heterocycles. The molecule has 1 fully saturated rings.